The molecule has 1 saturated heterocycles. The fourth-order valence-corrected chi connectivity index (χ4v) is 4.33. The molecule has 0 aromatic carbocycles. The molecule has 6 rings (SSSR count). The van der Waals surface area contributed by atoms with Gasteiger partial charge in [-0.15, -0.1) is 0 Å². The molecule has 0 atom stereocenters. The number of amides is 1. The zero-order chi connectivity index (χ0) is 21.1. The van der Waals surface area contributed by atoms with E-state index in [0.717, 1.165) is 25.0 Å². The number of fused-ring (bicyclic) bond motifs is 2. The van der Waals surface area contributed by atoms with Gasteiger partial charge >= 0.3 is 0 Å². The number of nitrogens with one attached hydrogen (secondary N) is 1. The molecule has 11 heteroatoms. The molecular weight excluding hydrogens is 400 g/mol. The third kappa shape index (κ3) is 3.11. The lowest BCUT2D eigenvalue weighted by Gasteiger charge is -2.33. The molecule has 0 bridgehead atoms. The number of carbonyl (C=O) groups excluding carboxylic acids is 2. The highest BCUT2D eigenvalue weighted by molar-refractivity contribution is 5.99. The van der Waals surface area contributed by atoms with E-state index in [1.54, 1.807) is 21.7 Å². The zero-order valence-corrected chi connectivity index (χ0v) is 17.0. The molecule has 31 heavy (non-hydrogen) atoms. The summed E-state index contributed by atoms with van der Waals surface area (Å²) in [7, 11) is 0. The lowest BCUT2D eigenvalue weighted by atomic mass is 10.1. The Morgan fingerprint density at radius 2 is 1.84 bits per heavy atom. The number of aryl methyl sites for hydroxylation is 1. The molecule has 1 saturated carbocycles. The Morgan fingerprint density at radius 3 is 2.58 bits per heavy atom. The molecule has 2 aliphatic heterocycles. The summed E-state index contributed by atoms with van der Waals surface area (Å²) in [6.07, 6.45) is 3.42. The van der Waals surface area contributed by atoms with Crippen molar-refractivity contribution in [1.29, 1.82) is 0 Å². The van der Waals surface area contributed by atoms with Crippen molar-refractivity contribution in [2.75, 3.05) is 31.1 Å². The molecule has 0 radical (unpaired) electrons. The first kappa shape index (κ1) is 18.3. The number of hydrogen-bond donors (Lipinski definition) is 1. The number of rotatable bonds is 3. The van der Waals surface area contributed by atoms with Crippen LogP contribution in [0.25, 0.3) is 5.78 Å². The van der Waals surface area contributed by atoms with Crippen LogP contribution in [-0.4, -0.2) is 72.1 Å². The van der Waals surface area contributed by atoms with E-state index in [4.69, 9.17) is 0 Å². The highest BCUT2D eigenvalue weighted by Gasteiger charge is 2.29. The minimum absolute atomic E-state index is 0.0428. The van der Waals surface area contributed by atoms with Crippen molar-refractivity contribution in [2.24, 2.45) is 0 Å². The van der Waals surface area contributed by atoms with Gasteiger partial charge in [-0.25, -0.2) is 4.98 Å². The number of Topliss-reactive ketones (excluding diaryl/α,β-unsaturated/α-hetero) is 1. The number of hydrogen-bond acceptors (Lipinski definition) is 7. The second-order valence-electron chi connectivity index (χ2n) is 8.42. The molecule has 2 fully saturated rings. The Kier molecular flexibility index (Phi) is 3.99. The summed E-state index contributed by atoms with van der Waals surface area (Å²) in [4.78, 5) is 50.1. The Labute approximate surface area is 176 Å². The minimum atomic E-state index is -0.161. The summed E-state index contributed by atoms with van der Waals surface area (Å²) in [5, 5.41) is 7.38. The molecule has 160 valence electrons. The van der Waals surface area contributed by atoms with E-state index in [1.807, 2.05) is 4.90 Å². The van der Waals surface area contributed by atoms with E-state index < -0.39 is 0 Å². The first-order valence-electron chi connectivity index (χ1n) is 10.7. The van der Waals surface area contributed by atoms with E-state index in [0.29, 0.717) is 68.2 Å². The number of aromatic amines is 1. The predicted octanol–water partition coefficient (Wildman–Crippen LogP) is 0.430. The van der Waals surface area contributed by atoms with Crippen LogP contribution in [0.4, 0.5) is 5.95 Å². The van der Waals surface area contributed by atoms with Crippen LogP contribution in [0.2, 0.25) is 0 Å². The summed E-state index contributed by atoms with van der Waals surface area (Å²) in [5.74, 6) is 1.23. The van der Waals surface area contributed by atoms with Crippen molar-refractivity contribution in [1.82, 2.24) is 34.3 Å². The summed E-state index contributed by atoms with van der Waals surface area (Å²) in [5.41, 5.74) is 1.52. The van der Waals surface area contributed by atoms with Gasteiger partial charge in [0.25, 0.3) is 17.2 Å². The standard InChI is InChI=1S/C20H22N8O3/c29-16-2-1-5-27-15(16)10-14(23-27)18(31)25-6-8-26(9-7-25)20-22-19-21-13(12-3-4-12)11-17(30)28(19)24-20/h10-12H,1-9H2,(H,21,22,24). The Hall–Kier alpha value is -3.50. The highest BCUT2D eigenvalue weighted by atomic mass is 16.2. The van der Waals surface area contributed by atoms with Gasteiger partial charge in [-0.1, -0.05) is 0 Å². The van der Waals surface area contributed by atoms with Crippen molar-refractivity contribution in [3.63, 3.8) is 0 Å². The molecule has 3 aromatic rings. The largest absolute Gasteiger partial charge is 0.338 e. The number of anilines is 1. The summed E-state index contributed by atoms with van der Waals surface area (Å²) < 4.78 is 3.01. The molecule has 0 unspecified atom stereocenters. The Bertz CT molecular complexity index is 1260. The number of ketones is 1. The van der Waals surface area contributed by atoms with Gasteiger partial charge < -0.3 is 9.80 Å². The average molecular weight is 422 g/mol. The van der Waals surface area contributed by atoms with Crippen LogP contribution in [-0.2, 0) is 6.54 Å². The molecule has 3 aromatic heterocycles. The minimum Gasteiger partial charge on any atom is -0.338 e. The van der Waals surface area contributed by atoms with Gasteiger partial charge in [0.05, 0.1) is 5.69 Å². The van der Waals surface area contributed by atoms with Gasteiger partial charge in [0, 0.05) is 57.2 Å². The van der Waals surface area contributed by atoms with Gasteiger partial charge in [0.2, 0.25) is 5.95 Å². The molecule has 5 heterocycles. The van der Waals surface area contributed by atoms with E-state index in [1.165, 1.54) is 4.52 Å². The summed E-state index contributed by atoms with van der Waals surface area (Å²) >= 11 is 0. The summed E-state index contributed by atoms with van der Waals surface area (Å²) in [6.45, 7) is 2.82. The number of nitrogens with zero attached hydrogens (tertiary/aromatic N) is 7. The molecule has 1 N–H and O–H groups in total. The third-order valence-electron chi connectivity index (χ3n) is 6.26. The lowest BCUT2D eigenvalue weighted by Crippen LogP contribution is -2.49. The fourth-order valence-electron chi connectivity index (χ4n) is 4.33. The van der Waals surface area contributed by atoms with Crippen molar-refractivity contribution >= 4 is 23.4 Å². The first-order valence-corrected chi connectivity index (χ1v) is 10.7. The number of carbonyl (C=O) groups is 2. The van der Waals surface area contributed by atoms with Crippen LogP contribution in [0, 0.1) is 0 Å². The van der Waals surface area contributed by atoms with E-state index in [-0.39, 0.29) is 17.2 Å². The monoisotopic (exact) mass is 422 g/mol. The second kappa shape index (κ2) is 6.76. The quantitative estimate of drug-likeness (QED) is 0.650. The zero-order valence-electron chi connectivity index (χ0n) is 17.0. The van der Waals surface area contributed by atoms with Gasteiger partial charge in [-0.05, 0) is 19.3 Å². The Morgan fingerprint density at radius 1 is 1.03 bits per heavy atom. The van der Waals surface area contributed by atoms with E-state index >= 15 is 0 Å². The normalized spacial score (nSPS) is 19.2. The van der Waals surface area contributed by atoms with Crippen LogP contribution >= 0.6 is 0 Å². The molecule has 11 nitrogen and oxygen atoms in total. The molecule has 0 spiro atoms. The summed E-state index contributed by atoms with van der Waals surface area (Å²) in [6, 6.07) is 3.20. The van der Waals surface area contributed by atoms with Gasteiger partial charge in [-0.2, -0.15) is 14.6 Å². The van der Waals surface area contributed by atoms with Crippen LogP contribution in [0.15, 0.2) is 16.9 Å². The topological polar surface area (TPSA) is 121 Å². The number of H-pyrrole nitrogens is 1. The van der Waals surface area contributed by atoms with Crippen molar-refractivity contribution < 1.29 is 9.59 Å². The average Bonchev–Trinajstić information content (AvgIpc) is 3.38. The van der Waals surface area contributed by atoms with Crippen LogP contribution in [0.1, 0.15) is 58.3 Å². The maximum absolute atomic E-state index is 12.9. The SMILES string of the molecule is O=C1CCCn2nc(C(=O)N3CCN(c4nc5nc(C6CC6)cc(=O)n5[nH]4)CC3)cc21. The molecular formula is C20H22N8O3. The smallest absolute Gasteiger partial charge is 0.274 e. The van der Waals surface area contributed by atoms with Crippen LogP contribution < -0.4 is 10.5 Å². The highest BCUT2D eigenvalue weighted by Crippen LogP contribution is 2.38. The maximum Gasteiger partial charge on any atom is 0.274 e. The third-order valence-corrected chi connectivity index (χ3v) is 6.26. The van der Waals surface area contributed by atoms with Crippen molar-refractivity contribution in [3.8, 4) is 0 Å². The first-order chi connectivity index (χ1) is 15.1. The molecule has 3 aliphatic rings. The molecule has 1 aliphatic carbocycles. The van der Waals surface area contributed by atoms with Crippen molar-refractivity contribution in [2.45, 2.75) is 38.1 Å². The van der Waals surface area contributed by atoms with Crippen LogP contribution in [0.3, 0.4) is 0 Å². The van der Waals surface area contributed by atoms with Crippen molar-refractivity contribution in [3.05, 3.63) is 39.6 Å². The fraction of sp³-hybridized carbons (Fsp3) is 0.500. The van der Waals surface area contributed by atoms with E-state index in [9.17, 15) is 14.4 Å². The maximum atomic E-state index is 12.9. The molecule has 1 amide bonds. The number of aromatic nitrogens is 6. The van der Waals surface area contributed by atoms with Gasteiger partial charge in [0.15, 0.2) is 11.5 Å². The lowest BCUT2D eigenvalue weighted by molar-refractivity contribution is 0.0739. The number of piperazine rings is 1. The van der Waals surface area contributed by atoms with Crippen LogP contribution in [0.5, 0.6) is 0 Å². The van der Waals surface area contributed by atoms with Gasteiger partial charge in [-0.3, -0.25) is 24.2 Å². The van der Waals surface area contributed by atoms with E-state index in [2.05, 4.69) is 20.2 Å². The Balaban J connectivity index is 1.17. The van der Waals surface area contributed by atoms with Gasteiger partial charge in [0.1, 0.15) is 5.69 Å². The predicted molar refractivity (Wildman–Crippen MR) is 109 cm³/mol. The second-order valence-corrected chi connectivity index (χ2v) is 8.42.